The first-order valence-corrected chi connectivity index (χ1v) is 13.6. The minimum atomic E-state index is -0.845. The number of methoxy groups -OCH3 is 1. The number of fused-ring (bicyclic) bond motifs is 1. The van der Waals surface area contributed by atoms with Crippen LogP contribution in [0.3, 0.4) is 0 Å². The summed E-state index contributed by atoms with van der Waals surface area (Å²) in [5, 5.41) is 11.5. The molecular formula is C32H33NO8. The zero-order valence-electron chi connectivity index (χ0n) is 23.1. The summed E-state index contributed by atoms with van der Waals surface area (Å²) in [7, 11) is 1.58. The molecule has 41 heavy (non-hydrogen) atoms. The van der Waals surface area contributed by atoms with Gasteiger partial charge in [-0.05, 0) is 54.8 Å². The minimum Gasteiger partial charge on any atom is -0.507 e. The number of carbonyl (C=O) groups excluding carboxylic acids is 2. The smallest absolute Gasteiger partial charge is 0.295 e. The average Bonchev–Trinajstić information content (AvgIpc) is 3.25. The number of ether oxygens (including phenoxy) is 5. The maximum atomic E-state index is 13.4. The summed E-state index contributed by atoms with van der Waals surface area (Å²) in [5.41, 5.74) is 1.95. The number of aliphatic hydroxyl groups is 1. The highest BCUT2D eigenvalue weighted by atomic mass is 16.6. The van der Waals surface area contributed by atoms with Gasteiger partial charge in [0.15, 0.2) is 23.0 Å². The topological polar surface area (TPSA) is 104 Å². The van der Waals surface area contributed by atoms with Crippen LogP contribution in [0, 0.1) is 0 Å². The molecule has 214 valence electrons. The molecule has 1 atom stereocenters. The maximum absolute atomic E-state index is 13.4. The SMILES string of the molecule is CCOc1cc(C2/C(=C(/O)c3ccc4c(c3)OCCO4)C(=O)C(=O)N2CCCOC)ccc1OCc1ccccc1. The van der Waals surface area contributed by atoms with Gasteiger partial charge in [-0.2, -0.15) is 0 Å². The fourth-order valence-electron chi connectivity index (χ4n) is 5.00. The Morgan fingerprint density at radius 2 is 1.73 bits per heavy atom. The first-order chi connectivity index (χ1) is 20.0. The molecule has 3 aromatic rings. The normalized spacial score (nSPS) is 17.5. The van der Waals surface area contributed by atoms with Gasteiger partial charge in [-0.1, -0.05) is 36.4 Å². The van der Waals surface area contributed by atoms with Crippen LogP contribution in [0.15, 0.2) is 72.3 Å². The molecule has 1 N–H and O–H groups in total. The fourth-order valence-corrected chi connectivity index (χ4v) is 5.00. The van der Waals surface area contributed by atoms with E-state index >= 15 is 0 Å². The Balaban J connectivity index is 1.55. The molecule has 0 saturated carbocycles. The molecule has 1 unspecified atom stereocenters. The van der Waals surface area contributed by atoms with E-state index in [1.54, 1.807) is 43.5 Å². The Kier molecular flexibility index (Phi) is 8.74. The summed E-state index contributed by atoms with van der Waals surface area (Å²) in [4.78, 5) is 28.2. The van der Waals surface area contributed by atoms with E-state index in [2.05, 4.69) is 0 Å². The van der Waals surface area contributed by atoms with Crippen molar-refractivity contribution in [1.29, 1.82) is 0 Å². The summed E-state index contributed by atoms with van der Waals surface area (Å²) in [6.45, 7) is 4.08. The Hall–Kier alpha value is -4.50. The highest BCUT2D eigenvalue weighted by molar-refractivity contribution is 6.46. The number of carbonyl (C=O) groups is 2. The molecule has 0 aliphatic carbocycles. The standard InChI is InChI=1S/C32H33NO8/c1-3-38-26-18-22(10-12-25(26)41-20-21-8-5-4-6-9-21)29-28(31(35)32(36)33(29)14-7-15-37-2)30(34)23-11-13-24-27(19-23)40-17-16-39-24/h4-6,8-13,18-19,29,34H,3,7,14-17,20H2,1-2H3/b30-28-. The summed E-state index contributed by atoms with van der Waals surface area (Å²) >= 11 is 0. The number of likely N-dealkylation sites (tertiary alicyclic amines) is 1. The molecule has 9 nitrogen and oxygen atoms in total. The second kappa shape index (κ2) is 12.8. The quantitative estimate of drug-likeness (QED) is 0.153. The highest BCUT2D eigenvalue weighted by Crippen LogP contribution is 2.43. The predicted molar refractivity (Wildman–Crippen MR) is 151 cm³/mol. The van der Waals surface area contributed by atoms with Crippen molar-refractivity contribution in [3.05, 3.63) is 89.0 Å². The van der Waals surface area contributed by atoms with Crippen LogP contribution >= 0.6 is 0 Å². The first kappa shape index (κ1) is 28.0. The molecule has 1 saturated heterocycles. The van der Waals surface area contributed by atoms with Gasteiger partial charge in [0, 0.05) is 25.8 Å². The number of benzene rings is 3. The number of aliphatic hydroxyl groups excluding tert-OH is 1. The summed E-state index contributed by atoms with van der Waals surface area (Å²) in [5.74, 6) is 0.281. The molecule has 5 rings (SSSR count). The number of ketones is 1. The third kappa shape index (κ3) is 6.00. The largest absolute Gasteiger partial charge is 0.507 e. The third-order valence-electron chi connectivity index (χ3n) is 6.92. The lowest BCUT2D eigenvalue weighted by molar-refractivity contribution is -0.140. The van der Waals surface area contributed by atoms with Gasteiger partial charge in [0.25, 0.3) is 11.7 Å². The van der Waals surface area contributed by atoms with Crippen LogP contribution in [0.4, 0.5) is 0 Å². The van der Waals surface area contributed by atoms with Gasteiger partial charge in [0.2, 0.25) is 0 Å². The van der Waals surface area contributed by atoms with Crippen molar-refractivity contribution in [3.63, 3.8) is 0 Å². The minimum absolute atomic E-state index is 0.00972. The predicted octanol–water partition coefficient (Wildman–Crippen LogP) is 4.89. The van der Waals surface area contributed by atoms with Gasteiger partial charge >= 0.3 is 0 Å². The molecule has 0 aromatic heterocycles. The Morgan fingerprint density at radius 3 is 2.49 bits per heavy atom. The molecule has 0 bridgehead atoms. The Bertz CT molecular complexity index is 1430. The number of nitrogens with zero attached hydrogens (tertiary/aromatic N) is 1. The lowest BCUT2D eigenvalue weighted by atomic mass is 9.94. The molecular weight excluding hydrogens is 526 g/mol. The van der Waals surface area contributed by atoms with Crippen LogP contribution in [0.2, 0.25) is 0 Å². The second-order valence-electron chi connectivity index (χ2n) is 9.61. The van der Waals surface area contributed by atoms with Gasteiger partial charge in [0.1, 0.15) is 25.6 Å². The molecule has 1 fully saturated rings. The monoisotopic (exact) mass is 559 g/mol. The molecule has 1 amide bonds. The van der Waals surface area contributed by atoms with Gasteiger partial charge in [-0.15, -0.1) is 0 Å². The Morgan fingerprint density at radius 1 is 0.951 bits per heavy atom. The molecule has 3 aromatic carbocycles. The zero-order valence-corrected chi connectivity index (χ0v) is 23.1. The van der Waals surface area contributed by atoms with Crippen LogP contribution < -0.4 is 18.9 Å². The summed E-state index contributed by atoms with van der Waals surface area (Å²) < 4.78 is 28.4. The van der Waals surface area contributed by atoms with E-state index in [0.717, 1.165) is 5.56 Å². The van der Waals surface area contributed by atoms with Crippen LogP contribution in [0.1, 0.15) is 36.1 Å². The molecule has 2 aliphatic rings. The van der Waals surface area contributed by atoms with Crippen molar-refractivity contribution in [2.24, 2.45) is 0 Å². The lowest BCUT2D eigenvalue weighted by Gasteiger charge is -2.26. The fraction of sp³-hybridized carbons (Fsp3) is 0.312. The summed E-state index contributed by atoms with van der Waals surface area (Å²) in [6.07, 6.45) is 0.515. The van der Waals surface area contributed by atoms with Crippen molar-refractivity contribution >= 4 is 17.4 Å². The van der Waals surface area contributed by atoms with Crippen molar-refractivity contribution in [1.82, 2.24) is 4.90 Å². The number of hydrogen-bond acceptors (Lipinski definition) is 8. The van der Waals surface area contributed by atoms with Gasteiger partial charge < -0.3 is 33.7 Å². The molecule has 0 radical (unpaired) electrons. The number of hydrogen-bond donors (Lipinski definition) is 1. The third-order valence-corrected chi connectivity index (χ3v) is 6.92. The van der Waals surface area contributed by atoms with Crippen molar-refractivity contribution in [2.75, 3.05) is 40.1 Å². The maximum Gasteiger partial charge on any atom is 0.295 e. The van der Waals surface area contributed by atoms with Gasteiger partial charge in [0.05, 0.1) is 18.2 Å². The van der Waals surface area contributed by atoms with Crippen LogP contribution in [-0.4, -0.2) is 61.8 Å². The highest BCUT2D eigenvalue weighted by Gasteiger charge is 2.46. The van der Waals surface area contributed by atoms with E-state index in [0.29, 0.717) is 73.6 Å². The van der Waals surface area contributed by atoms with Crippen molar-refractivity contribution in [3.8, 4) is 23.0 Å². The van der Waals surface area contributed by atoms with Crippen LogP contribution in [0.25, 0.3) is 5.76 Å². The van der Waals surface area contributed by atoms with E-state index < -0.39 is 17.7 Å². The van der Waals surface area contributed by atoms with Gasteiger partial charge in [-0.25, -0.2) is 0 Å². The van der Waals surface area contributed by atoms with E-state index in [9.17, 15) is 14.7 Å². The van der Waals surface area contributed by atoms with E-state index in [1.807, 2.05) is 37.3 Å². The van der Waals surface area contributed by atoms with Crippen LogP contribution in [0.5, 0.6) is 23.0 Å². The number of amides is 1. The zero-order chi connectivity index (χ0) is 28.8. The average molecular weight is 560 g/mol. The van der Waals surface area contributed by atoms with E-state index in [-0.39, 0.29) is 17.9 Å². The second-order valence-corrected chi connectivity index (χ2v) is 9.61. The Labute approximate surface area is 238 Å². The molecule has 2 aliphatic heterocycles. The van der Waals surface area contributed by atoms with Gasteiger partial charge in [-0.3, -0.25) is 9.59 Å². The first-order valence-electron chi connectivity index (χ1n) is 13.6. The number of rotatable bonds is 11. The number of Topliss-reactive ketones (excluding diaryl/α,β-unsaturated/α-hetero) is 1. The van der Waals surface area contributed by atoms with Crippen molar-refractivity contribution in [2.45, 2.75) is 26.0 Å². The lowest BCUT2D eigenvalue weighted by Crippen LogP contribution is -2.31. The molecule has 9 heteroatoms. The van der Waals surface area contributed by atoms with Crippen LogP contribution in [-0.2, 0) is 20.9 Å². The van der Waals surface area contributed by atoms with Crippen molar-refractivity contribution < 1.29 is 38.4 Å². The van der Waals surface area contributed by atoms with E-state index in [4.69, 9.17) is 23.7 Å². The molecule has 2 heterocycles. The van der Waals surface area contributed by atoms with E-state index in [1.165, 1.54) is 4.90 Å². The molecule has 0 spiro atoms. The summed E-state index contributed by atoms with van der Waals surface area (Å²) in [6, 6.07) is 19.2.